The summed E-state index contributed by atoms with van der Waals surface area (Å²) in [5.41, 5.74) is 5.67. The predicted octanol–water partition coefficient (Wildman–Crippen LogP) is 7.37. The number of nitrogens with one attached hydrogen (secondary N) is 1. The fourth-order valence-electron chi connectivity index (χ4n) is 4.28. The molecule has 8 heteroatoms. The summed E-state index contributed by atoms with van der Waals surface area (Å²) in [6, 6.07) is 19.1. The lowest BCUT2D eigenvalue weighted by Gasteiger charge is -2.32. The molecule has 1 unspecified atom stereocenters. The van der Waals surface area contributed by atoms with Gasteiger partial charge in [-0.3, -0.25) is 4.79 Å². The van der Waals surface area contributed by atoms with Crippen LogP contribution in [0.2, 0.25) is 5.02 Å². The number of nitrogens with zero attached hydrogens (tertiary/aromatic N) is 1. The van der Waals surface area contributed by atoms with Gasteiger partial charge in [-0.25, -0.2) is 0 Å². The molecule has 1 heterocycles. The maximum absolute atomic E-state index is 11.7. The third kappa shape index (κ3) is 5.58. The first-order chi connectivity index (χ1) is 16.6. The molecule has 0 amide bonds. The number of ether oxygens (including phenoxy) is 1. The molecule has 0 saturated carbocycles. The van der Waals surface area contributed by atoms with Crippen molar-refractivity contribution < 1.29 is 14.6 Å². The van der Waals surface area contributed by atoms with Crippen molar-refractivity contribution >= 4 is 54.9 Å². The molecule has 5 nitrogen and oxygen atoms in total. The summed E-state index contributed by atoms with van der Waals surface area (Å²) in [6.07, 6.45) is 2.08. The summed E-state index contributed by atoms with van der Waals surface area (Å²) >= 11 is 11.1. The Bertz CT molecular complexity index is 1400. The number of aromatic nitrogens is 1. The van der Waals surface area contributed by atoms with E-state index in [4.69, 9.17) is 28.0 Å². The van der Waals surface area contributed by atoms with Gasteiger partial charge in [-0.05, 0) is 73.7 Å². The van der Waals surface area contributed by atoms with Gasteiger partial charge >= 0.3 is 0 Å². The Balaban J connectivity index is 1.70. The molecule has 0 aliphatic rings. The van der Waals surface area contributed by atoms with Gasteiger partial charge in [0.2, 0.25) is 0 Å². The number of methoxy groups -OCH3 is 1. The van der Waals surface area contributed by atoms with Crippen LogP contribution in [0.25, 0.3) is 10.9 Å². The number of carbonyl (C=O) groups excluding carboxylic acids is 1. The number of rotatable bonds is 8. The Hall–Kier alpha value is -2.74. The van der Waals surface area contributed by atoms with Crippen LogP contribution in [-0.4, -0.2) is 28.8 Å². The maximum atomic E-state index is 11.7. The molecule has 0 saturated heterocycles. The number of benzene rings is 3. The quantitative estimate of drug-likeness (QED) is 0.127. The average molecular weight is 529 g/mol. The van der Waals surface area contributed by atoms with Crippen LogP contribution < -0.4 is 9.46 Å². The van der Waals surface area contributed by atoms with Gasteiger partial charge in [0.05, 0.1) is 12.7 Å². The Morgan fingerprint density at radius 3 is 2.49 bits per heavy atom. The van der Waals surface area contributed by atoms with Crippen molar-refractivity contribution in [3.63, 3.8) is 0 Å². The van der Waals surface area contributed by atoms with E-state index < -0.39 is 9.25 Å². The van der Waals surface area contributed by atoms with Crippen molar-refractivity contribution in [2.75, 3.05) is 18.1 Å². The van der Waals surface area contributed by atoms with Crippen molar-refractivity contribution in [2.45, 2.75) is 26.1 Å². The van der Waals surface area contributed by atoms with Gasteiger partial charge in [0.15, 0.2) is 5.78 Å². The first kappa shape index (κ1) is 25.4. The standard InChI is InChI=1S/C27H29ClN2O3S2/c1-17-25(16-35(4,34)29-21-9-11-23(18(2)31)27(32)13-21)24-14-22(33-3)10-12-26(24)30(17)15-19-5-7-20(28)8-6-19/h5-14,29,32,34H,15-16H2,1-4H3. The highest BCUT2D eigenvalue weighted by molar-refractivity contribution is 8.87. The van der Waals surface area contributed by atoms with Crippen molar-refractivity contribution in [2.24, 2.45) is 0 Å². The second kappa shape index (κ2) is 10.1. The van der Waals surface area contributed by atoms with Crippen LogP contribution in [0.4, 0.5) is 5.69 Å². The fraction of sp³-hybridized carbons (Fsp3) is 0.222. The van der Waals surface area contributed by atoms with Gasteiger partial charge < -0.3 is 19.1 Å². The summed E-state index contributed by atoms with van der Waals surface area (Å²) < 4.78 is 11.3. The second-order valence-electron chi connectivity index (χ2n) is 8.73. The lowest BCUT2D eigenvalue weighted by molar-refractivity contribution is 0.101. The molecule has 0 aliphatic carbocycles. The summed E-state index contributed by atoms with van der Waals surface area (Å²) in [6.45, 7) is 4.29. The highest BCUT2D eigenvalue weighted by atomic mass is 35.5. The summed E-state index contributed by atoms with van der Waals surface area (Å²) in [5, 5.41) is 12.1. The minimum Gasteiger partial charge on any atom is -0.507 e. The molecule has 184 valence electrons. The van der Waals surface area contributed by atoms with Crippen molar-refractivity contribution in [1.82, 2.24) is 4.57 Å². The first-order valence-electron chi connectivity index (χ1n) is 11.1. The number of anilines is 1. The van der Waals surface area contributed by atoms with Gasteiger partial charge in [-0.2, -0.15) is 0 Å². The minimum absolute atomic E-state index is 0.0356. The zero-order valence-electron chi connectivity index (χ0n) is 20.1. The largest absolute Gasteiger partial charge is 0.507 e. The Morgan fingerprint density at radius 2 is 1.86 bits per heavy atom. The van der Waals surface area contributed by atoms with Crippen LogP contribution in [-0.2, 0) is 12.3 Å². The van der Waals surface area contributed by atoms with E-state index in [-0.39, 0.29) is 11.5 Å². The van der Waals surface area contributed by atoms with Crippen LogP contribution >= 0.6 is 32.5 Å². The van der Waals surface area contributed by atoms with E-state index in [0.717, 1.165) is 45.2 Å². The molecular formula is C27H29ClN2O3S2. The van der Waals surface area contributed by atoms with Crippen LogP contribution in [0.15, 0.2) is 60.7 Å². The number of thiol groups is 1. The highest BCUT2D eigenvalue weighted by Crippen LogP contribution is 2.53. The maximum Gasteiger partial charge on any atom is 0.163 e. The van der Waals surface area contributed by atoms with E-state index in [0.29, 0.717) is 11.3 Å². The first-order valence-corrected chi connectivity index (χ1v) is 14.7. The number of fused-ring (bicyclic) bond motifs is 1. The van der Waals surface area contributed by atoms with E-state index >= 15 is 0 Å². The fourth-order valence-corrected chi connectivity index (χ4v) is 6.74. The number of carbonyl (C=O) groups is 1. The van der Waals surface area contributed by atoms with Crippen LogP contribution in [0.3, 0.4) is 0 Å². The zero-order chi connectivity index (χ0) is 25.3. The normalized spacial score (nSPS) is 13.9. The molecule has 3 aromatic carbocycles. The lowest BCUT2D eigenvalue weighted by Crippen LogP contribution is -2.08. The SMILES string of the molecule is COc1ccc2c(c1)c(CS(C)(S)Nc1ccc(C(C)=O)c(O)c1)c(C)n2Cc1ccc(Cl)cc1. The highest BCUT2D eigenvalue weighted by Gasteiger charge is 2.22. The van der Waals surface area contributed by atoms with Crippen LogP contribution in [0.5, 0.6) is 11.5 Å². The zero-order valence-corrected chi connectivity index (χ0v) is 22.6. The van der Waals surface area contributed by atoms with Crippen molar-refractivity contribution in [1.29, 1.82) is 0 Å². The number of phenols is 1. The predicted molar refractivity (Wildman–Crippen MR) is 152 cm³/mol. The molecule has 0 fully saturated rings. The molecule has 0 aliphatic heterocycles. The molecule has 1 atom stereocenters. The summed E-state index contributed by atoms with van der Waals surface area (Å²) in [5.74, 6) is 1.28. The summed E-state index contributed by atoms with van der Waals surface area (Å²) in [7, 11) is 0.0123. The number of ketones is 1. The number of hydrogen-bond donors (Lipinski definition) is 3. The molecule has 4 rings (SSSR count). The molecule has 0 bridgehead atoms. The van der Waals surface area contributed by atoms with Gasteiger partial charge in [0.1, 0.15) is 11.5 Å². The minimum atomic E-state index is -1.66. The molecular weight excluding hydrogens is 500 g/mol. The van der Waals surface area contributed by atoms with E-state index in [1.165, 1.54) is 12.5 Å². The number of phenolic OH excluding ortho intramolecular Hbond substituents is 1. The van der Waals surface area contributed by atoms with Gasteiger partial charge in [0.25, 0.3) is 0 Å². The van der Waals surface area contributed by atoms with Crippen molar-refractivity contribution in [3.8, 4) is 11.5 Å². The van der Waals surface area contributed by atoms with Crippen molar-refractivity contribution in [3.05, 3.63) is 88.1 Å². The van der Waals surface area contributed by atoms with E-state index in [2.05, 4.69) is 34.6 Å². The Morgan fingerprint density at radius 1 is 1.14 bits per heavy atom. The Kier molecular flexibility index (Phi) is 7.31. The van der Waals surface area contributed by atoms with E-state index in [1.807, 2.05) is 30.3 Å². The molecule has 2 N–H and O–H groups in total. The summed E-state index contributed by atoms with van der Waals surface area (Å²) in [4.78, 5) is 11.7. The molecule has 0 radical (unpaired) electrons. The van der Waals surface area contributed by atoms with Crippen LogP contribution in [0.1, 0.15) is 34.1 Å². The molecule has 35 heavy (non-hydrogen) atoms. The Labute approximate surface area is 217 Å². The van der Waals surface area contributed by atoms with Gasteiger partial charge in [-0.15, -0.1) is 20.9 Å². The average Bonchev–Trinajstić information content (AvgIpc) is 3.04. The third-order valence-electron chi connectivity index (χ3n) is 6.06. The topological polar surface area (TPSA) is 63.5 Å². The molecule has 4 aromatic rings. The van der Waals surface area contributed by atoms with E-state index in [9.17, 15) is 9.90 Å². The van der Waals surface area contributed by atoms with Gasteiger partial charge in [-0.1, -0.05) is 23.7 Å². The number of aromatic hydroxyl groups is 1. The number of halogens is 1. The third-order valence-corrected chi connectivity index (χ3v) is 8.49. The monoisotopic (exact) mass is 528 g/mol. The van der Waals surface area contributed by atoms with Crippen LogP contribution in [0, 0.1) is 6.92 Å². The van der Waals surface area contributed by atoms with Gasteiger partial charge in [0, 0.05) is 45.7 Å². The molecule has 1 aromatic heterocycles. The number of Topliss-reactive ketones (excluding diaryl/α,β-unsaturated/α-hetero) is 1. The number of hydrogen-bond acceptors (Lipinski definition) is 5. The smallest absolute Gasteiger partial charge is 0.163 e. The van der Waals surface area contributed by atoms with E-state index in [1.54, 1.807) is 25.3 Å². The molecule has 0 spiro atoms. The second-order valence-corrected chi connectivity index (χ2v) is 14.2. The lowest BCUT2D eigenvalue weighted by atomic mass is 10.1.